The molecule has 0 atom stereocenters. The predicted molar refractivity (Wildman–Crippen MR) is 141 cm³/mol. The second-order valence-electron chi connectivity index (χ2n) is 8.13. The number of hydrogen-bond acceptors (Lipinski definition) is 5. The lowest BCUT2D eigenvalue weighted by atomic mass is 10.0. The Kier molecular flexibility index (Phi) is 7.52. The molecule has 4 aromatic carbocycles. The molecule has 0 aliphatic rings. The van der Waals surface area contributed by atoms with E-state index in [0.29, 0.717) is 35.1 Å². The van der Waals surface area contributed by atoms with Crippen LogP contribution in [-0.4, -0.2) is 20.1 Å². The normalized spacial score (nSPS) is 11.0. The van der Waals surface area contributed by atoms with Crippen LogP contribution in [0.2, 0.25) is 0 Å². The van der Waals surface area contributed by atoms with Crippen LogP contribution in [0.5, 0.6) is 17.2 Å². The number of nitrogens with zero attached hydrogens (tertiary/aromatic N) is 1. The average molecular weight is 479 g/mol. The van der Waals surface area contributed by atoms with Gasteiger partial charge in [0.15, 0.2) is 0 Å². The Morgan fingerprint density at radius 1 is 0.944 bits per heavy atom. The molecule has 0 unspecified atom stereocenters. The average Bonchev–Trinajstić information content (AvgIpc) is 2.91. The Morgan fingerprint density at radius 2 is 1.67 bits per heavy atom. The molecular weight excluding hydrogens is 452 g/mol. The van der Waals surface area contributed by atoms with Crippen LogP contribution in [0.3, 0.4) is 0 Å². The number of fused-ring (bicyclic) bond motifs is 1. The molecule has 0 aliphatic carbocycles. The van der Waals surface area contributed by atoms with Gasteiger partial charge in [-0.15, -0.1) is 0 Å². The molecule has 0 bridgehead atoms. The maximum Gasteiger partial charge on any atom is 0.266 e. The van der Waals surface area contributed by atoms with Crippen LogP contribution < -0.4 is 19.5 Å². The van der Waals surface area contributed by atoms with Gasteiger partial charge in [0, 0.05) is 22.9 Å². The second kappa shape index (κ2) is 11.1. The maximum absolute atomic E-state index is 12.8. The summed E-state index contributed by atoms with van der Waals surface area (Å²) >= 11 is 0. The third-order valence-corrected chi connectivity index (χ3v) is 5.88. The van der Waals surface area contributed by atoms with Crippen LogP contribution in [0, 0.1) is 18.3 Å². The van der Waals surface area contributed by atoms with Crippen molar-refractivity contribution < 1.29 is 19.0 Å². The van der Waals surface area contributed by atoms with Crippen molar-refractivity contribution in [1.29, 1.82) is 5.26 Å². The molecule has 6 heteroatoms. The summed E-state index contributed by atoms with van der Waals surface area (Å²) in [5.41, 5.74) is 3.28. The summed E-state index contributed by atoms with van der Waals surface area (Å²) in [4.78, 5) is 12.8. The highest BCUT2D eigenvalue weighted by atomic mass is 16.5. The zero-order valence-electron chi connectivity index (χ0n) is 20.4. The van der Waals surface area contributed by atoms with E-state index in [4.69, 9.17) is 14.2 Å². The molecule has 1 N–H and O–H groups in total. The molecule has 6 nitrogen and oxygen atoms in total. The monoisotopic (exact) mass is 478 g/mol. The number of nitriles is 1. The Hall–Kier alpha value is -4.76. The lowest BCUT2D eigenvalue weighted by Gasteiger charge is -2.15. The largest absolute Gasteiger partial charge is 0.497 e. The molecule has 0 saturated heterocycles. The smallest absolute Gasteiger partial charge is 0.266 e. The Morgan fingerprint density at radius 3 is 2.39 bits per heavy atom. The van der Waals surface area contributed by atoms with Crippen molar-refractivity contribution in [1.82, 2.24) is 0 Å². The van der Waals surface area contributed by atoms with Crippen molar-refractivity contribution in [3.63, 3.8) is 0 Å². The molecule has 4 aromatic rings. The number of methoxy groups -OCH3 is 2. The molecule has 1 amide bonds. The van der Waals surface area contributed by atoms with Gasteiger partial charge < -0.3 is 19.5 Å². The minimum atomic E-state index is -0.519. The van der Waals surface area contributed by atoms with E-state index in [1.807, 2.05) is 18.2 Å². The van der Waals surface area contributed by atoms with Crippen molar-refractivity contribution in [2.75, 3.05) is 19.5 Å². The first kappa shape index (κ1) is 24.4. The summed E-state index contributed by atoms with van der Waals surface area (Å²) in [7, 11) is 3.15. The van der Waals surface area contributed by atoms with E-state index in [9.17, 15) is 10.1 Å². The molecule has 0 saturated carbocycles. The molecule has 0 radical (unpaired) electrons. The number of carbonyl (C=O) groups excluding carboxylic acids is 1. The van der Waals surface area contributed by atoms with Gasteiger partial charge in [0.2, 0.25) is 0 Å². The number of rotatable bonds is 8. The summed E-state index contributed by atoms with van der Waals surface area (Å²) < 4.78 is 16.8. The third-order valence-electron chi connectivity index (χ3n) is 5.88. The van der Waals surface area contributed by atoms with Gasteiger partial charge in [0.1, 0.15) is 35.5 Å². The number of anilines is 1. The van der Waals surface area contributed by atoms with E-state index in [-0.39, 0.29) is 5.57 Å². The lowest BCUT2D eigenvalue weighted by molar-refractivity contribution is -0.112. The van der Waals surface area contributed by atoms with Gasteiger partial charge in [-0.3, -0.25) is 4.79 Å². The SMILES string of the molecule is COc1ccc(NC(=O)/C(C#N)=C/c2ccc(OC)cc2OCc2c(C)ccc3ccccc23)cc1. The maximum atomic E-state index is 12.8. The fourth-order valence-corrected chi connectivity index (χ4v) is 3.85. The molecule has 36 heavy (non-hydrogen) atoms. The summed E-state index contributed by atoms with van der Waals surface area (Å²) in [6, 6.07) is 26.5. The number of benzene rings is 4. The minimum Gasteiger partial charge on any atom is -0.497 e. The highest BCUT2D eigenvalue weighted by Crippen LogP contribution is 2.30. The zero-order valence-corrected chi connectivity index (χ0v) is 20.4. The van der Waals surface area contributed by atoms with E-state index in [1.54, 1.807) is 56.7 Å². The van der Waals surface area contributed by atoms with Crippen molar-refractivity contribution in [2.45, 2.75) is 13.5 Å². The van der Waals surface area contributed by atoms with Gasteiger partial charge in [0.25, 0.3) is 5.91 Å². The Labute approximate surface area is 210 Å². The highest BCUT2D eigenvalue weighted by molar-refractivity contribution is 6.09. The zero-order chi connectivity index (χ0) is 25.5. The van der Waals surface area contributed by atoms with E-state index in [2.05, 4.69) is 36.5 Å². The van der Waals surface area contributed by atoms with Gasteiger partial charge in [-0.2, -0.15) is 5.26 Å². The summed E-state index contributed by atoms with van der Waals surface area (Å²) in [5.74, 6) is 1.27. The number of aryl methyl sites for hydroxylation is 1. The van der Waals surface area contributed by atoms with Gasteiger partial charge in [0.05, 0.1) is 14.2 Å². The van der Waals surface area contributed by atoms with E-state index >= 15 is 0 Å². The molecule has 0 aliphatic heterocycles. The first-order valence-corrected chi connectivity index (χ1v) is 11.4. The third kappa shape index (κ3) is 5.48. The van der Waals surface area contributed by atoms with Gasteiger partial charge in [-0.1, -0.05) is 36.4 Å². The van der Waals surface area contributed by atoms with Crippen molar-refractivity contribution >= 4 is 28.4 Å². The molecule has 0 spiro atoms. The van der Waals surface area contributed by atoms with Crippen LogP contribution in [0.4, 0.5) is 5.69 Å². The quantitative estimate of drug-likeness (QED) is 0.238. The number of carbonyl (C=O) groups is 1. The van der Waals surface area contributed by atoms with Gasteiger partial charge in [-0.05, 0) is 65.7 Å². The first-order chi connectivity index (χ1) is 17.5. The molecule has 0 aromatic heterocycles. The fourth-order valence-electron chi connectivity index (χ4n) is 3.85. The Bertz CT molecular complexity index is 1470. The van der Waals surface area contributed by atoms with Gasteiger partial charge >= 0.3 is 0 Å². The number of amides is 1. The van der Waals surface area contributed by atoms with Crippen molar-refractivity contribution in [3.05, 3.63) is 101 Å². The van der Waals surface area contributed by atoms with Crippen molar-refractivity contribution in [2.24, 2.45) is 0 Å². The predicted octanol–water partition coefficient (Wildman–Crippen LogP) is 6.29. The van der Waals surface area contributed by atoms with Crippen LogP contribution in [0.1, 0.15) is 16.7 Å². The van der Waals surface area contributed by atoms with Crippen LogP contribution >= 0.6 is 0 Å². The van der Waals surface area contributed by atoms with E-state index in [1.165, 1.54) is 6.08 Å². The fraction of sp³-hybridized carbons (Fsp3) is 0.133. The molecule has 0 heterocycles. The lowest BCUT2D eigenvalue weighted by Crippen LogP contribution is -2.13. The van der Waals surface area contributed by atoms with Crippen LogP contribution in [0.25, 0.3) is 16.8 Å². The molecule has 0 fully saturated rings. The number of nitrogens with one attached hydrogen (secondary N) is 1. The van der Waals surface area contributed by atoms with E-state index in [0.717, 1.165) is 21.9 Å². The van der Waals surface area contributed by atoms with Gasteiger partial charge in [-0.25, -0.2) is 0 Å². The number of hydrogen-bond donors (Lipinski definition) is 1. The second-order valence-corrected chi connectivity index (χ2v) is 8.13. The van der Waals surface area contributed by atoms with Crippen LogP contribution in [0.15, 0.2) is 84.4 Å². The highest BCUT2D eigenvalue weighted by Gasteiger charge is 2.14. The summed E-state index contributed by atoms with van der Waals surface area (Å²) in [6.07, 6.45) is 1.52. The summed E-state index contributed by atoms with van der Waals surface area (Å²) in [6.45, 7) is 2.37. The van der Waals surface area contributed by atoms with Crippen molar-refractivity contribution in [3.8, 4) is 23.3 Å². The summed E-state index contributed by atoms with van der Waals surface area (Å²) in [5, 5.41) is 14.7. The first-order valence-electron chi connectivity index (χ1n) is 11.4. The minimum absolute atomic E-state index is 0.0535. The molecule has 4 rings (SSSR count). The standard InChI is InChI=1S/C30H26N2O4/c1-20-8-9-21-6-4-5-7-27(21)28(20)19-36-29-17-26(35-3)13-10-22(29)16-23(18-31)30(33)32-24-11-14-25(34-2)15-12-24/h4-17H,19H2,1-3H3,(H,32,33)/b23-16+. The topological polar surface area (TPSA) is 80.6 Å². The molecule has 180 valence electrons. The molecular formula is C30H26N2O4. The van der Waals surface area contributed by atoms with E-state index < -0.39 is 5.91 Å². The number of ether oxygens (including phenoxy) is 3. The van der Waals surface area contributed by atoms with Crippen LogP contribution in [-0.2, 0) is 11.4 Å². The Balaban J connectivity index is 1.62.